The van der Waals surface area contributed by atoms with E-state index in [1.807, 2.05) is 0 Å². The lowest BCUT2D eigenvalue weighted by Crippen LogP contribution is -2.34. The monoisotopic (exact) mass is 400 g/mol. The summed E-state index contributed by atoms with van der Waals surface area (Å²) in [6.07, 6.45) is 1.60. The Balaban J connectivity index is 1.92. The van der Waals surface area contributed by atoms with Crippen molar-refractivity contribution < 1.29 is 19.2 Å². The molecule has 0 radical (unpaired) electrons. The average molecular weight is 400 g/mol. The van der Waals surface area contributed by atoms with Gasteiger partial charge in [0.15, 0.2) is 4.32 Å². The molecule has 9 heteroatoms. The number of nitrogens with zero attached hydrogens (tertiary/aromatic N) is 2. The van der Waals surface area contributed by atoms with E-state index in [0.717, 1.165) is 22.7 Å². The third-order valence-corrected chi connectivity index (χ3v) is 5.03. The highest BCUT2D eigenvalue weighted by atomic mass is 32.2. The first-order chi connectivity index (χ1) is 12.9. The third-order valence-electron chi connectivity index (χ3n) is 3.73. The van der Waals surface area contributed by atoms with Gasteiger partial charge in [0.2, 0.25) is 0 Å². The van der Waals surface area contributed by atoms with Crippen LogP contribution >= 0.6 is 24.0 Å². The Hall–Kier alpha value is -3.04. The summed E-state index contributed by atoms with van der Waals surface area (Å²) >= 11 is 6.16. The molecule has 0 spiro atoms. The summed E-state index contributed by atoms with van der Waals surface area (Å²) in [4.78, 5) is 36.8. The lowest BCUT2D eigenvalue weighted by atomic mass is 10.1. The van der Waals surface area contributed by atoms with Crippen molar-refractivity contribution in [1.82, 2.24) is 4.90 Å². The van der Waals surface area contributed by atoms with E-state index in [1.165, 1.54) is 25.3 Å². The molecule has 0 aliphatic carbocycles. The van der Waals surface area contributed by atoms with E-state index < -0.39 is 16.7 Å². The number of non-ortho nitro benzene ring substituents is 1. The fourth-order valence-electron chi connectivity index (χ4n) is 2.45. The molecule has 0 bridgehead atoms. The molecule has 27 heavy (non-hydrogen) atoms. The largest absolute Gasteiger partial charge is 0.496 e. The highest BCUT2D eigenvalue weighted by Gasteiger charge is 2.37. The lowest BCUT2D eigenvalue weighted by Gasteiger charge is -2.12. The number of imide groups is 1. The first-order valence-electron chi connectivity index (χ1n) is 7.62. The van der Waals surface area contributed by atoms with Crippen molar-refractivity contribution in [3.8, 4) is 5.75 Å². The Bertz CT molecular complexity index is 1000. The molecule has 7 nitrogen and oxygen atoms in total. The smallest absolute Gasteiger partial charge is 0.273 e. The number of carbonyl (C=O) groups is 2. The Morgan fingerprint density at radius 1 is 1.26 bits per heavy atom. The van der Waals surface area contributed by atoms with Crippen molar-refractivity contribution in [2.75, 3.05) is 7.11 Å². The van der Waals surface area contributed by atoms with Crippen LogP contribution in [0.2, 0.25) is 0 Å². The number of hydrogen-bond donors (Lipinski definition) is 0. The van der Waals surface area contributed by atoms with Crippen molar-refractivity contribution in [2.24, 2.45) is 0 Å². The summed E-state index contributed by atoms with van der Waals surface area (Å²) < 4.78 is 5.32. The number of carbonyl (C=O) groups excluding carboxylic acids is 2. The predicted molar refractivity (Wildman–Crippen MR) is 105 cm³/mol. The fourth-order valence-corrected chi connectivity index (χ4v) is 3.70. The molecule has 1 saturated heterocycles. The van der Waals surface area contributed by atoms with Gasteiger partial charge >= 0.3 is 0 Å². The molecule has 2 aromatic carbocycles. The maximum atomic E-state index is 12.7. The quantitative estimate of drug-likeness (QED) is 0.254. The van der Waals surface area contributed by atoms with Crippen LogP contribution in [0.3, 0.4) is 0 Å². The molecule has 136 valence electrons. The molecule has 0 unspecified atom stereocenters. The van der Waals surface area contributed by atoms with Gasteiger partial charge in [-0.15, -0.1) is 0 Å². The topological polar surface area (TPSA) is 89.8 Å². The van der Waals surface area contributed by atoms with Gasteiger partial charge in [-0.05, 0) is 18.2 Å². The van der Waals surface area contributed by atoms with E-state index in [4.69, 9.17) is 17.0 Å². The van der Waals surface area contributed by atoms with E-state index in [1.54, 1.807) is 30.3 Å². The zero-order valence-corrected chi connectivity index (χ0v) is 15.6. The van der Waals surface area contributed by atoms with Gasteiger partial charge < -0.3 is 4.74 Å². The van der Waals surface area contributed by atoms with Crippen LogP contribution in [0.5, 0.6) is 5.75 Å². The summed E-state index contributed by atoms with van der Waals surface area (Å²) in [6, 6.07) is 12.3. The van der Waals surface area contributed by atoms with Crippen LogP contribution < -0.4 is 4.74 Å². The molecular weight excluding hydrogens is 388 g/mol. The summed E-state index contributed by atoms with van der Waals surface area (Å²) in [5.74, 6) is -0.704. The second-order valence-corrected chi connectivity index (χ2v) is 7.05. The molecule has 1 aliphatic rings. The van der Waals surface area contributed by atoms with Gasteiger partial charge in [0.05, 0.1) is 16.9 Å². The minimum atomic E-state index is -0.704. The number of rotatable bonds is 4. The van der Waals surface area contributed by atoms with Gasteiger partial charge in [-0.2, -0.15) is 0 Å². The number of thioether (sulfide) groups is 1. The number of amides is 2. The van der Waals surface area contributed by atoms with Crippen LogP contribution in [0.15, 0.2) is 53.4 Å². The molecule has 1 aliphatic heterocycles. The highest BCUT2D eigenvalue weighted by molar-refractivity contribution is 8.26. The van der Waals surface area contributed by atoms with Crippen molar-refractivity contribution >= 4 is 51.9 Å². The van der Waals surface area contributed by atoms with Crippen LogP contribution in [0.4, 0.5) is 5.69 Å². The Morgan fingerprint density at radius 2 is 2.00 bits per heavy atom. The molecule has 0 N–H and O–H groups in total. The van der Waals surface area contributed by atoms with E-state index in [9.17, 15) is 19.7 Å². The SMILES string of the molecule is COc1ccccc1/C=C1/SC(=S)N(C(=O)c2cccc([N+](=O)[O-])c2)C1=O. The normalized spacial score (nSPS) is 15.3. The molecule has 0 aromatic heterocycles. The number of para-hydroxylation sites is 1. The number of thiocarbonyl (C=S) groups is 1. The summed E-state index contributed by atoms with van der Waals surface area (Å²) in [5.41, 5.74) is 0.443. The van der Waals surface area contributed by atoms with Gasteiger partial charge in [-0.1, -0.05) is 48.2 Å². The first-order valence-corrected chi connectivity index (χ1v) is 8.84. The Kier molecular flexibility index (Phi) is 5.33. The van der Waals surface area contributed by atoms with E-state index in [2.05, 4.69) is 0 Å². The summed E-state index contributed by atoms with van der Waals surface area (Å²) in [5, 5.41) is 10.9. The Morgan fingerprint density at radius 3 is 2.70 bits per heavy atom. The Labute approximate surface area is 163 Å². The number of nitro groups is 1. The minimum Gasteiger partial charge on any atom is -0.496 e. The van der Waals surface area contributed by atoms with Crippen molar-refractivity contribution in [2.45, 2.75) is 0 Å². The van der Waals surface area contributed by atoms with Crippen LogP contribution in [0.1, 0.15) is 15.9 Å². The van der Waals surface area contributed by atoms with Crippen LogP contribution in [-0.2, 0) is 4.79 Å². The second kappa shape index (κ2) is 7.68. The molecule has 1 fully saturated rings. The zero-order valence-electron chi connectivity index (χ0n) is 13.9. The molecule has 0 saturated carbocycles. The molecule has 0 atom stereocenters. The summed E-state index contributed by atoms with van der Waals surface area (Å²) in [7, 11) is 1.52. The fraction of sp³-hybridized carbons (Fsp3) is 0.0556. The lowest BCUT2D eigenvalue weighted by molar-refractivity contribution is -0.384. The van der Waals surface area contributed by atoms with Crippen molar-refractivity contribution in [3.05, 3.63) is 74.7 Å². The number of benzene rings is 2. The van der Waals surface area contributed by atoms with Gasteiger partial charge in [-0.25, -0.2) is 4.90 Å². The van der Waals surface area contributed by atoms with Gasteiger partial charge in [-0.3, -0.25) is 19.7 Å². The minimum absolute atomic E-state index is 0.0130. The second-order valence-electron chi connectivity index (χ2n) is 5.37. The molecule has 2 amide bonds. The third kappa shape index (κ3) is 3.74. The maximum Gasteiger partial charge on any atom is 0.273 e. The molecular formula is C18H12N2O5S2. The molecule has 1 heterocycles. The van der Waals surface area contributed by atoms with Gasteiger partial charge in [0.25, 0.3) is 17.5 Å². The first kappa shape index (κ1) is 18.7. The van der Waals surface area contributed by atoms with Gasteiger partial charge in [0, 0.05) is 23.3 Å². The maximum absolute atomic E-state index is 12.7. The number of methoxy groups -OCH3 is 1. The van der Waals surface area contributed by atoms with Gasteiger partial charge in [0.1, 0.15) is 5.75 Å². The van der Waals surface area contributed by atoms with E-state index in [-0.39, 0.29) is 20.5 Å². The number of ether oxygens (including phenoxy) is 1. The zero-order chi connectivity index (χ0) is 19.6. The van der Waals surface area contributed by atoms with Crippen LogP contribution in [-0.4, -0.2) is 33.1 Å². The molecule has 3 rings (SSSR count). The average Bonchev–Trinajstić information content (AvgIpc) is 2.95. The predicted octanol–water partition coefficient (Wildman–Crippen LogP) is 3.65. The summed E-state index contributed by atoms with van der Waals surface area (Å²) in [6.45, 7) is 0. The van der Waals surface area contributed by atoms with E-state index in [0.29, 0.717) is 11.3 Å². The van der Waals surface area contributed by atoms with Crippen molar-refractivity contribution in [1.29, 1.82) is 0 Å². The number of hydrogen-bond acceptors (Lipinski definition) is 7. The standard InChI is InChI=1S/C18H12N2O5S2/c1-25-14-8-3-2-5-11(14)10-15-17(22)19(18(26)27-15)16(21)12-6-4-7-13(9-12)20(23)24/h2-10H,1H3/b15-10+. The number of nitro benzene ring substituents is 1. The van der Waals surface area contributed by atoms with E-state index >= 15 is 0 Å². The van der Waals surface area contributed by atoms with Crippen molar-refractivity contribution in [3.63, 3.8) is 0 Å². The van der Waals surface area contributed by atoms with Crippen LogP contribution in [0.25, 0.3) is 6.08 Å². The van der Waals surface area contributed by atoms with Crippen LogP contribution in [0, 0.1) is 10.1 Å². The molecule has 2 aromatic rings. The highest BCUT2D eigenvalue weighted by Crippen LogP contribution is 2.35.